The molecule has 0 atom stereocenters. The molecule has 0 aromatic carbocycles. The van der Waals surface area contributed by atoms with Gasteiger partial charge in [-0.2, -0.15) is 0 Å². The second-order valence-corrected chi connectivity index (χ2v) is 4.92. The van der Waals surface area contributed by atoms with Gasteiger partial charge in [-0.1, -0.05) is 11.3 Å². The number of carbonyl (C=O) groups excluding carboxylic acids is 1. The van der Waals surface area contributed by atoms with Crippen LogP contribution in [0, 0.1) is 0 Å². The van der Waals surface area contributed by atoms with Gasteiger partial charge in [0.05, 0.1) is 17.1 Å². The number of nitrogens with zero attached hydrogens (tertiary/aromatic N) is 2. The van der Waals surface area contributed by atoms with Crippen LogP contribution in [0.15, 0.2) is 0 Å². The Morgan fingerprint density at radius 1 is 1.62 bits per heavy atom. The highest BCUT2D eigenvalue weighted by molar-refractivity contribution is 7.17. The van der Waals surface area contributed by atoms with Crippen molar-refractivity contribution in [1.82, 2.24) is 4.98 Å². The highest BCUT2D eigenvalue weighted by Crippen LogP contribution is 2.43. The molecule has 1 heterocycles. The van der Waals surface area contributed by atoms with Gasteiger partial charge < -0.3 is 4.90 Å². The molecule has 0 aliphatic heterocycles. The average molecular weight is 246 g/mol. The number of hydrogen-bond acceptors (Lipinski definition) is 4. The summed E-state index contributed by atoms with van der Waals surface area (Å²) in [6, 6.07) is 0. The zero-order valence-corrected chi connectivity index (χ0v) is 9.64. The summed E-state index contributed by atoms with van der Waals surface area (Å²) in [5, 5.41) is 0.504. The van der Waals surface area contributed by atoms with E-state index in [1.165, 1.54) is 16.2 Å². The van der Waals surface area contributed by atoms with Crippen molar-refractivity contribution in [2.75, 3.05) is 18.5 Å². The lowest BCUT2D eigenvalue weighted by molar-refractivity contribution is 0.112. The maximum Gasteiger partial charge on any atom is 0.255 e. The molecule has 1 aromatic rings. The smallest absolute Gasteiger partial charge is 0.255 e. The van der Waals surface area contributed by atoms with Gasteiger partial charge in [-0.05, 0) is 12.8 Å². The van der Waals surface area contributed by atoms with Gasteiger partial charge in [-0.25, -0.2) is 13.8 Å². The minimum atomic E-state index is -2.39. The van der Waals surface area contributed by atoms with Crippen LogP contribution in [0.5, 0.6) is 0 Å². The summed E-state index contributed by atoms with van der Waals surface area (Å²) >= 11 is 1.19. The summed E-state index contributed by atoms with van der Waals surface area (Å²) < 4.78 is 24.4. The Labute approximate surface area is 96.1 Å². The van der Waals surface area contributed by atoms with Gasteiger partial charge in [0.2, 0.25) is 0 Å². The van der Waals surface area contributed by atoms with Gasteiger partial charge in [0.15, 0.2) is 11.4 Å². The molecule has 0 bridgehead atoms. The highest BCUT2D eigenvalue weighted by Gasteiger charge is 2.30. The second kappa shape index (κ2) is 4.45. The summed E-state index contributed by atoms with van der Waals surface area (Å²) in [4.78, 5) is 17.1. The molecule has 88 valence electrons. The fourth-order valence-corrected chi connectivity index (χ4v) is 2.45. The van der Waals surface area contributed by atoms with Crippen molar-refractivity contribution in [2.45, 2.75) is 25.2 Å². The maximum atomic E-state index is 12.2. The molecule has 2 rings (SSSR count). The molecule has 3 nitrogen and oxygen atoms in total. The van der Waals surface area contributed by atoms with Crippen molar-refractivity contribution in [1.29, 1.82) is 0 Å². The number of aldehydes is 1. The topological polar surface area (TPSA) is 33.2 Å². The standard InChI is InChI=1S/C10H12F2N2OS/c1-14(4-8(11)12)10-13-9(6-2-3-6)7(5-15)16-10/h5-6,8H,2-4H2,1H3. The van der Waals surface area contributed by atoms with Gasteiger partial charge in [0.1, 0.15) is 0 Å². The summed E-state index contributed by atoms with van der Waals surface area (Å²) in [7, 11) is 1.57. The lowest BCUT2D eigenvalue weighted by Gasteiger charge is -2.14. The Hall–Kier alpha value is -1.04. The Morgan fingerprint density at radius 3 is 2.81 bits per heavy atom. The minimum Gasteiger partial charge on any atom is -0.345 e. The lowest BCUT2D eigenvalue weighted by Crippen LogP contribution is -2.23. The Kier molecular flexibility index (Phi) is 3.18. The van der Waals surface area contributed by atoms with Crippen LogP contribution in [0.2, 0.25) is 0 Å². The molecule has 0 spiro atoms. The molecule has 0 radical (unpaired) electrons. The molecule has 0 N–H and O–H groups in total. The molecule has 1 fully saturated rings. The highest BCUT2D eigenvalue weighted by atomic mass is 32.1. The number of hydrogen-bond donors (Lipinski definition) is 0. The van der Waals surface area contributed by atoms with E-state index in [1.807, 2.05) is 0 Å². The van der Waals surface area contributed by atoms with Crippen molar-refractivity contribution in [2.24, 2.45) is 0 Å². The van der Waals surface area contributed by atoms with E-state index in [0.29, 0.717) is 15.9 Å². The van der Waals surface area contributed by atoms with Gasteiger partial charge >= 0.3 is 0 Å². The fourth-order valence-electron chi connectivity index (χ4n) is 1.51. The summed E-state index contributed by atoms with van der Waals surface area (Å²) in [5.74, 6) is 0.366. The zero-order valence-electron chi connectivity index (χ0n) is 8.82. The molecule has 16 heavy (non-hydrogen) atoms. The summed E-state index contributed by atoms with van der Waals surface area (Å²) in [6.07, 6.45) is 0.467. The molecule has 0 saturated heterocycles. The number of thiazole rings is 1. The Morgan fingerprint density at radius 2 is 2.31 bits per heavy atom. The van der Waals surface area contributed by atoms with Crippen LogP contribution >= 0.6 is 11.3 Å². The molecule has 1 saturated carbocycles. The predicted octanol–water partition coefficient (Wildman–Crippen LogP) is 2.53. The Balaban J connectivity index is 2.18. The largest absolute Gasteiger partial charge is 0.345 e. The van der Waals surface area contributed by atoms with Crippen LogP contribution in [-0.2, 0) is 0 Å². The predicted molar refractivity (Wildman–Crippen MR) is 58.8 cm³/mol. The minimum absolute atomic E-state index is 0.351. The first-order valence-corrected chi connectivity index (χ1v) is 5.88. The van der Waals surface area contributed by atoms with Gasteiger partial charge in [0, 0.05) is 13.0 Å². The van der Waals surface area contributed by atoms with Gasteiger partial charge in [0.25, 0.3) is 6.43 Å². The monoisotopic (exact) mass is 246 g/mol. The number of alkyl halides is 2. The molecule has 1 aliphatic rings. The lowest BCUT2D eigenvalue weighted by atomic mass is 10.3. The van der Waals surface area contributed by atoms with Crippen LogP contribution in [0.1, 0.15) is 34.1 Å². The van der Waals surface area contributed by atoms with E-state index in [1.54, 1.807) is 7.05 Å². The van der Waals surface area contributed by atoms with Crippen LogP contribution in [0.25, 0.3) is 0 Å². The molecule has 1 aliphatic carbocycles. The summed E-state index contributed by atoms with van der Waals surface area (Å²) in [6.45, 7) is -0.351. The molecule has 1 aromatic heterocycles. The van der Waals surface area contributed by atoms with E-state index >= 15 is 0 Å². The maximum absolute atomic E-state index is 12.2. The van der Waals surface area contributed by atoms with E-state index in [2.05, 4.69) is 4.98 Å². The van der Waals surface area contributed by atoms with E-state index in [4.69, 9.17) is 0 Å². The van der Waals surface area contributed by atoms with Crippen LogP contribution in [0.4, 0.5) is 13.9 Å². The molecule has 0 amide bonds. The molecular formula is C10H12F2N2OS. The number of rotatable bonds is 5. The zero-order chi connectivity index (χ0) is 11.7. The quantitative estimate of drug-likeness (QED) is 0.748. The first kappa shape index (κ1) is 11.4. The van der Waals surface area contributed by atoms with E-state index in [9.17, 15) is 13.6 Å². The van der Waals surface area contributed by atoms with E-state index in [-0.39, 0.29) is 6.54 Å². The molecule has 6 heteroatoms. The fraction of sp³-hybridized carbons (Fsp3) is 0.600. The van der Waals surface area contributed by atoms with Crippen LogP contribution in [0.3, 0.4) is 0 Å². The number of carbonyl (C=O) groups is 1. The molecular weight excluding hydrogens is 234 g/mol. The van der Waals surface area contributed by atoms with Crippen molar-refractivity contribution in [3.8, 4) is 0 Å². The van der Waals surface area contributed by atoms with E-state index < -0.39 is 6.43 Å². The number of aromatic nitrogens is 1. The van der Waals surface area contributed by atoms with Crippen molar-refractivity contribution >= 4 is 22.8 Å². The normalized spacial score (nSPS) is 15.5. The Bertz CT molecular complexity index is 390. The second-order valence-electron chi connectivity index (χ2n) is 3.91. The van der Waals surface area contributed by atoms with Crippen molar-refractivity contribution in [3.63, 3.8) is 0 Å². The average Bonchev–Trinajstić information content (AvgIpc) is 2.96. The van der Waals surface area contributed by atoms with Crippen LogP contribution < -0.4 is 4.90 Å². The third-order valence-electron chi connectivity index (χ3n) is 2.48. The third kappa shape index (κ3) is 2.37. The first-order valence-electron chi connectivity index (χ1n) is 5.07. The van der Waals surface area contributed by atoms with Crippen molar-refractivity contribution in [3.05, 3.63) is 10.6 Å². The summed E-state index contributed by atoms with van der Waals surface area (Å²) in [5.41, 5.74) is 0.788. The molecule has 0 unspecified atom stereocenters. The van der Waals surface area contributed by atoms with Crippen LogP contribution in [-0.4, -0.2) is 31.3 Å². The first-order chi connectivity index (χ1) is 7.61. The van der Waals surface area contributed by atoms with E-state index in [0.717, 1.165) is 24.8 Å². The van der Waals surface area contributed by atoms with Gasteiger partial charge in [-0.3, -0.25) is 4.79 Å². The third-order valence-corrected chi connectivity index (χ3v) is 3.59. The SMILES string of the molecule is CN(CC(F)F)c1nc(C2CC2)c(C=O)s1. The number of halogens is 2. The van der Waals surface area contributed by atoms with Crippen molar-refractivity contribution < 1.29 is 13.6 Å². The number of anilines is 1. The van der Waals surface area contributed by atoms with Gasteiger partial charge in [-0.15, -0.1) is 0 Å².